The summed E-state index contributed by atoms with van der Waals surface area (Å²) in [5.41, 5.74) is 5.68. The minimum Gasteiger partial charge on any atom is -0.384 e. The summed E-state index contributed by atoms with van der Waals surface area (Å²) in [6.45, 7) is 3.24. The molecule has 0 bridgehead atoms. The maximum absolute atomic E-state index is 5.68. The summed E-state index contributed by atoms with van der Waals surface area (Å²) in [4.78, 5) is 12.2. The Morgan fingerprint density at radius 1 is 1.39 bits per heavy atom. The Labute approximate surface area is 104 Å². The van der Waals surface area contributed by atoms with E-state index < -0.39 is 0 Å². The Morgan fingerprint density at radius 3 is 3.00 bits per heavy atom. The van der Waals surface area contributed by atoms with E-state index in [1.807, 2.05) is 6.92 Å². The van der Waals surface area contributed by atoms with E-state index in [1.165, 1.54) is 6.39 Å². The van der Waals surface area contributed by atoms with Gasteiger partial charge in [0.25, 0.3) is 0 Å². The first kappa shape index (κ1) is 12.2. The van der Waals surface area contributed by atoms with Crippen molar-refractivity contribution in [1.29, 1.82) is 0 Å². The van der Waals surface area contributed by atoms with Crippen LogP contribution in [0.1, 0.15) is 18.6 Å². The number of nitrogens with two attached hydrogens (primary N) is 1. The SMILES string of the molecule is CCOCc1nc(N)cc(NCc2ncon2)n1. The maximum Gasteiger partial charge on any atom is 0.213 e. The second-order valence-electron chi connectivity index (χ2n) is 3.43. The van der Waals surface area contributed by atoms with Gasteiger partial charge in [0.1, 0.15) is 18.2 Å². The molecule has 0 spiro atoms. The first-order valence-corrected chi connectivity index (χ1v) is 5.48. The molecule has 2 rings (SSSR count). The zero-order valence-corrected chi connectivity index (χ0v) is 9.96. The lowest BCUT2D eigenvalue weighted by atomic mass is 10.4. The van der Waals surface area contributed by atoms with Crippen LogP contribution in [0.5, 0.6) is 0 Å². The highest BCUT2D eigenvalue weighted by Crippen LogP contribution is 2.09. The maximum atomic E-state index is 5.68. The fourth-order valence-electron chi connectivity index (χ4n) is 1.31. The van der Waals surface area contributed by atoms with Gasteiger partial charge in [-0.15, -0.1) is 0 Å². The normalized spacial score (nSPS) is 10.5. The summed E-state index contributed by atoms with van der Waals surface area (Å²) in [7, 11) is 0. The van der Waals surface area contributed by atoms with Crippen LogP contribution in [-0.4, -0.2) is 26.7 Å². The van der Waals surface area contributed by atoms with Crippen molar-refractivity contribution in [3.63, 3.8) is 0 Å². The van der Waals surface area contributed by atoms with Crippen molar-refractivity contribution in [2.24, 2.45) is 0 Å². The van der Waals surface area contributed by atoms with Crippen molar-refractivity contribution in [3.8, 4) is 0 Å². The van der Waals surface area contributed by atoms with Gasteiger partial charge in [-0.2, -0.15) is 4.98 Å². The Balaban J connectivity index is 2.00. The second-order valence-corrected chi connectivity index (χ2v) is 3.43. The number of aromatic nitrogens is 4. The smallest absolute Gasteiger partial charge is 0.213 e. The van der Waals surface area contributed by atoms with Gasteiger partial charge in [-0.25, -0.2) is 9.97 Å². The molecule has 3 N–H and O–H groups in total. The molecule has 0 aliphatic heterocycles. The van der Waals surface area contributed by atoms with Crippen molar-refractivity contribution < 1.29 is 9.26 Å². The Hall–Kier alpha value is -2.22. The number of nitrogens with zero attached hydrogens (tertiary/aromatic N) is 4. The van der Waals surface area contributed by atoms with Gasteiger partial charge in [-0.1, -0.05) is 5.16 Å². The summed E-state index contributed by atoms with van der Waals surface area (Å²) in [5, 5.41) is 6.71. The lowest BCUT2D eigenvalue weighted by Crippen LogP contribution is -2.08. The summed E-state index contributed by atoms with van der Waals surface area (Å²) in [6.07, 6.45) is 1.27. The number of hydrogen-bond acceptors (Lipinski definition) is 8. The van der Waals surface area contributed by atoms with Gasteiger partial charge in [-0.05, 0) is 6.92 Å². The van der Waals surface area contributed by atoms with Crippen molar-refractivity contribution in [1.82, 2.24) is 20.1 Å². The molecule has 2 heterocycles. The molecule has 0 aromatic carbocycles. The van der Waals surface area contributed by atoms with E-state index in [4.69, 9.17) is 10.5 Å². The molecule has 96 valence electrons. The van der Waals surface area contributed by atoms with Crippen LogP contribution in [0.4, 0.5) is 11.6 Å². The lowest BCUT2D eigenvalue weighted by Gasteiger charge is -2.06. The summed E-state index contributed by atoms with van der Waals surface area (Å²) in [5.74, 6) is 2.06. The highest BCUT2D eigenvalue weighted by molar-refractivity contribution is 5.44. The molecule has 0 fully saturated rings. The van der Waals surface area contributed by atoms with Gasteiger partial charge < -0.3 is 20.3 Å². The minimum atomic E-state index is 0.332. The van der Waals surface area contributed by atoms with E-state index in [2.05, 4.69) is 29.9 Å². The van der Waals surface area contributed by atoms with E-state index in [0.29, 0.717) is 43.0 Å². The third-order valence-electron chi connectivity index (χ3n) is 2.06. The summed E-state index contributed by atoms with van der Waals surface area (Å²) in [6, 6.07) is 1.63. The third kappa shape index (κ3) is 3.39. The largest absolute Gasteiger partial charge is 0.384 e. The number of ether oxygens (including phenoxy) is 1. The summed E-state index contributed by atoms with van der Waals surface area (Å²) >= 11 is 0. The molecule has 0 saturated carbocycles. The van der Waals surface area contributed by atoms with Gasteiger partial charge in [-0.3, -0.25) is 0 Å². The van der Waals surface area contributed by atoms with Gasteiger partial charge >= 0.3 is 0 Å². The van der Waals surface area contributed by atoms with Crippen molar-refractivity contribution in [2.75, 3.05) is 17.7 Å². The van der Waals surface area contributed by atoms with Crippen molar-refractivity contribution in [2.45, 2.75) is 20.1 Å². The van der Waals surface area contributed by atoms with Gasteiger partial charge in [0.05, 0.1) is 6.54 Å². The Bertz CT molecular complexity index is 487. The molecule has 18 heavy (non-hydrogen) atoms. The first-order chi connectivity index (χ1) is 8.78. The second kappa shape index (κ2) is 5.92. The monoisotopic (exact) mass is 250 g/mol. The van der Waals surface area contributed by atoms with Crippen LogP contribution in [0, 0.1) is 0 Å². The van der Waals surface area contributed by atoms with Crippen LogP contribution >= 0.6 is 0 Å². The molecule has 0 radical (unpaired) electrons. The predicted molar refractivity (Wildman–Crippen MR) is 63.4 cm³/mol. The fourth-order valence-corrected chi connectivity index (χ4v) is 1.31. The topological polar surface area (TPSA) is 112 Å². The molecule has 0 unspecified atom stereocenters. The lowest BCUT2D eigenvalue weighted by molar-refractivity contribution is 0.128. The van der Waals surface area contributed by atoms with Crippen LogP contribution < -0.4 is 11.1 Å². The van der Waals surface area contributed by atoms with Crippen LogP contribution in [0.25, 0.3) is 0 Å². The van der Waals surface area contributed by atoms with E-state index in [0.717, 1.165) is 0 Å². The third-order valence-corrected chi connectivity index (χ3v) is 2.06. The van der Waals surface area contributed by atoms with E-state index >= 15 is 0 Å². The van der Waals surface area contributed by atoms with Crippen molar-refractivity contribution in [3.05, 3.63) is 24.1 Å². The van der Waals surface area contributed by atoms with Crippen LogP contribution in [-0.2, 0) is 17.9 Å². The fraction of sp³-hybridized carbons (Fsp3) is 0.400. The number of nitrogens with one attached hydrogen (secondary N) is 1. The van der Waals surface area contributed by atoms with Crippen LogP contribution in [0.3, 0.4) is 0 Å². The number of anilines is 2. The molecule has 0 atom stereocenters. The van der Waals surface area contributed by atoms with Crippen LogP contribution in [0.2, 0.25) is 0 Å². The van der Waals surface area contributed by atoms with Gasteiger partial charge in [0.15, 0.2) is 11.6 Å². The number of hydrogen-bond donors (Lipinski definition) is 2. The molecule has 8 heteroatoms. The molecule has 0 aliphatic rings. The Kier molecular flexibility index (Phi) is 4.02. The van der Waals surface area contributed by atoms with Gasteiger partial charge in [0.2, 0.25) is 6.39 Å². The molecule has 0 amide bonds. The average molecular weight is 250 g/mol. The average Bonchev–Trinajstić information content (AvgIpc) is 2.86. The standard InChI is InChI=1S/C10H14N6O2/c1-2-17-5-10-14-7(11)3-8(15-10)12-4-9-13-6-18-16-9/h3,6H,2,4-5H2,1H3,(H3,11,12,14,15). The van der Waals surface area contributed by atoms with E-state index in [1.54, 1.807) is 6.07 Å². The first-order valence-electron chi connectivity index (χ1n) is 5.48. The summed E-state index contributed by atoms with van der Waals surface area (Å²) < 4.78 is 9.86. The molecular weight excluding hydrogens is 236 g/mol. The molecular formula is C10H14N6O2. The quantitative estimate of drug-likeness (QED) is 0.766. The zero-order chi connectivity index (χ0) is 12.8. The number of rotatable bonds is 6. The van der Waals surface area contributed by atoms with Crippen molar-refractivity contribution >= 4 is 11.6 Å². The number of nitrogen functional groups attached to an aromatic ring is 1. The van der Waals surface area contributed by atoms with Gasteiger partial charge in [0, 0.05) is 12.7 Å². The molecule has 8 nitrogen and oxygen atoms in total. The highest BCUT2D eigenvalue weighted by atomic mass is 16.5. The highest BCUT2D eigenvalue weighted by Gasteiger charge is 2.04. The molecule has 0 aliphatic carbocycles. The minimum absolute atomic E-state index is 0.332. The van der Waals surface area contributed by atoms with Crippen LogP contribution in [0.15, 0.2) is 17.0 Å². The van der Waals surface area contributed by atoms with E-state index in [9.17, 15) is 0 Å². The molecule has 0 saturated heterocycles. The molecule has 2 aromatic rings. The zero-order valence-electron chi connectivity index (χ0n) is 9.96. The Morgan fingerprint density at radius 2 is 2.28 bits per heavy atom. The predicted octanol–water partition coefficient (Wildman–Crippen LogP) is 0.590. The molecule has 2 aromatic heterocycles. The van der Waals surface area contributed by atoms with E-state index in [-0.39, 0.29) is 0 Å².